The number of benzene rings is 3. The number of anilines is 1. The van der Waals surface area contributed by atoms with E-state index in [0.29, 0.717) is 23.6 Å². The van der Waals surface area contributed by atoms with E-state index in [0.717, 1.165) is 16.3 Å². The van der Waals surface area contributed by atoms with E-state index >= 15 is 0 Å². The number of hydrogen-bond donors (Lipinski definition) is 1. The number of nitrogens with one attached hydrogen (secondary N) is 1. The van der Waals surface area contributed by atoms with Gasteiger partial charge in [0.15, 0.2) is 0 Å². The first-order valence-corrected chi connectivity index (χ1v) is 15.0. The molecule has 41 heavy (non-hydrogen) atoms. The van der Waals surface area contributed by atoms with Gasteiger partial charge in [0.2, 0.25) is 11.8 Å². The zero-order valence-electron chi connectivity index (χ0n) is 24.2. The number of para-hydroxylation sites is 1. The van der Waals surface area contributed by atoms with Crippen LogP contribution in [-0.2, 0) is 26.2 Å². The molecular weight excluding hydrogens is 542 g/mol. The Kier molecular flexibility index (Phi) is 11.2. The Morgan fingerprint density at radius 3 is 1.90 bits per heavy atom. The van der Waals surface area contributed by atoms with Gasteiger partial charge in [-0.1, -0.05) is 44.2 Å². The van der Waals surface area contributed by atoms with Crippen molar-refractivity contribution in [3.05, 3.63) is 84.4 Å². The van der Waals surface area contributed by atoms with Crippen LogP contribution in [-0.4, -0.2) is 58.0 Å². The smallest absolute Gasteiger partial charge is 0.264 e. The molecule has 0 saturated heterocycles. The van der Waals surface area contributed by atoms with Gasteiger partial charge in [0.25, 0.3) is 10.0 Å². The number of carbonyl (C=O) groups is 2. The first-order chi connectivity index (χ1) is 19.6. The van der Waals surface area contributed by atoms with E-state index in [1.165, 1.54) is 24.1 Å². The van der Waals surface area contributed by atoms with E-state index in [1.807, 2.05) is 32.9 Å². The van der Waals surface area contributed by atoms with Gasteiger partial charge in [-0.3, -0.25) is 13.9 Å². The number of hydrogen-bond acceptors (Lipinski definition) is 6. The summed E-state index contributed by atoms with van der Waals surface area (Å²) in [7, 11) is -1.09. The highest BCUT2D eigenvalue weighted by Crippen LogP contribution is 2.26. The molecule has 0 bridgehead atoms. The van der Waals surface area contributed by atoms with Gasteiger partial charge < -0.3 is 19.7 Å². The Labute approximate surface area is 243 Å². The van der Waals surface area contributed by atoms with Crippen molar-refractivity contribution in [1.82, 2.24) is 10.2 Å². The van der Waals surface area contributed by atoms with Crippen molar-refractivity contribution < 1.29 is 27.5 Å². The second kappa shape index (κ2) is 14.5. The van der Waals surface area contributed by atoms with E-state index in [4.69, 9.17) is 9.47 Å². The molecule has 0 aliphatic heterocycles. The summed E-state index contributed by atoms with van der Waals surface area (Å²) < 4.78 is 39.3. The van der Waals surface area contributed by atoms with E-state index in [2.05, 4.69) is 5.32 Å². The summed E-state index contributed by atoms with van der Waals surface area (Å²) in [4.78, 5) is 28.9. The predicted molar refractivity (Wildman–Crippen MR) is 159 cm³/mol. The molecule has 2 atom stereocenters. The maximum Gasteiger partial charge on any atom is 0.264 e. The van der Waals surface area contributed by atoms with E-state index in [-0.39, 0.29) is 23.4 Å². The lowest BCUT2D eigenvalue weighted by Crippen LogP contribution is -2.53. The molecule has 0 aromatic heterocycles. The lowest BCUT2D eigenvalue weighted by Gasteiger charge is -2.33. The number of methoxy groups -OCH3 is 2. The molecule has 3 rings (SSSR count). The standard InChI is InChI=1S/C31H39N3O6S/c1-6-23(3)32-31(36)29(7-2)33(21-24-13-15-26(39-4)16-14-24)30(35)22-34(25-11-9-8-10-12-25)41(37,38)28-19-17-27(40-5)18-20-28/h8-20,23,29H,6-7,21-22H2,1-5H3,(H,32,36)/t23-,29-/m0/s1. The third kappa shape index (κ3) is 8.00. The fraction of sp³-hybridized carbons (Fsp3) is 0.355. The van der Waals surface area contributed by atoms with Crippen molar-refractivity contribution in [2.24, 2.45) is 0 Å². The van der Waals surface area contributed by atoms with Gasteiger partial charge in [0, 0.05) is 12.6 Å². The van der Waals surface area contributed by atoms with Crippen LogP contribution in [0.25, 0.3) is 0 Å². The molecule has 0 radical (unpaired) electrons. The summed E-state index contributed by atoms with van der Waals surface area (Å²) in [6.45, 7) is 5.31. The minimum atomic E-state index is -4.15. The predicted octanol–water partition coefficient (Wildman–Crippen LogP) is 4.62. The van der Waals surface area contributed by atoms with E-state index in [1.54, 1.807) is 61.7 Å². The van der Waals surface area contributed by atoms with Crippen LogP contribution in [0.4, 0.5) is 5.69 Å². The zero-order chi connectivity index (χ0) is 30.0. The van der Waals surface area contributed by atoms with Crippen molar-refractivity contribution in [2.75, 3.05) is 25.1 Å². The summed E-state index contributed by atoms with van der Waals surface area (Å²) in [5.74, 6) is 0.380. The molecule has 0 fully saturated rings. The fourth-order valence-electron chi connectivity index (χ4n) is 4.29. The summed E-state index contributed by atoms with van der Waals surface area (Å²) in [5, 5.41) is 2.98. The molecule has 0 aliphatic carbocycles. The highest BCUT2D eigenvalue weighted by Gasteiger charge is 2.34. The van der Waals surface area contributed by atoms with Crippen LogP contribution in [0, 0.1) is 0 Å². The summed E-state index contributed by atoms with van der Waals surface area (Å²) in [5.41, 5.74) is 1.11. The van der Waals surface area contributed by atoms with Crippen LogP contribution < -0.4 is 19.1 Å². The van der Waals surface area contributed by atoms with E-state index in [9.17, 15) is 18.0 Å². The second-order valence-electron chi connectivity index (χ2n) is 9.63. The van der Waals surface area contributed by atoms with Gasteiger partial charge >= 0.3 is 0 Å². The van der Waals surface area contributed by atoms with Crippen LogP contribution in [0.3, 0.4) is 0 Å². The molecule has 0 aliphatic rings. The van der Waals surface area contributed by atoms with Crippen LogP contribution >= 0.6 is 0 Å². The molecule has 1 N–H and O–H groups in total. The number of sulfonamides is 1. The maximum atomic E-state index is 14.1. The van der Waals surface area contributed by atoms with Crippen LogP contribution in [0.5, 0.6) is 11.5 Å². The van der Waals surface area contributed by atoms with Gasteiger partial charge in [-0.2, -0.15) is 0 Å². The molecule has 0 heterocycles. The highest BCUT2D eigenvalue weighted by atomic mass is 32.2. The van der Waals surface area contributed by atoms with Crippen LogP contribution in [0.2, 0.25) is 0 Å². The average molecular weight is 582 g/mol. The monoisotopic (exact) mass is 581 g/mol. The molecule has 0 spiro atoms. The largest absolute Gasteiger partial charge is 0.497 e. The van der Waals surface area contributed by atoms with Crippen molar-refractivity contribution in [2.45, 2.75) is 57.1 Å². The van der Waals surface area contributed by atoms with Gasteiger partial charge in [-0.25, -0.2) is 8.42 Å². The quantitative estimate of drug-likeness (QED) is 0.298. The molecule has 0 saturated carbocycles. The summed E-state index contributed by atoms with van der Waals surface area (Å²) >= 11 is 0. The third-order valence-electron chi connectivity index (χ3n) is 6.87. The number of carbonyl (C=O) groups excluding carboxylic acids is 2. The summed E-state index contributed by atoms with van der Waals surface area (Å²) in [6.07, 6.45) is 1.08. The topological polar surface area (TPSA) is 105 Å². The van der Waals surface area contributed by atoms with Gasteiger partial charge in [-0.05, 0) is 73.9 Å². The SMILES string of the molecule is CC[C@H](C)NC(=O)[C@H](CC)N(Cc1ccc(OC)cc1)C(=O)CN(c1ccccc1)S(=O)(=O)c1ccc(OC)cc1. The minimum Gasteiger partial charge on any atom is -0.497 e. The molecule has 3 aromatic rings. The van der Waals surface area contributed by atoms with Crippen LogP contribution in [0.1, 0.15) is 39.2 Å². The lowest BCUT2D eigenvalue weighted by atomic mass is 10.1. The molecule has 10 heteroatoms. The molecule has 9 nitrogen and oxygen atoms in total. The average Bonchev–Trinajstić information content (AvgIpc) is 3.00. The van der Waals surface area contributed by atoms with Gasteiger partial charge in [-0.15, -0.1) is 0 Å². The normalized spacial score (nSPS) is 12.6. The summed E-state index contributed by atoms with van der Waals surface area (Å²) in [6, 6.07) is 20.8. The van der Waals surface area contributed by atoms with Gasteiger partial charge in [0.1, 0.15) is 24.1 Å². The van der Waals surface area contributed by atoms with Crippen molar-refractivity contribution >= 4 is 27.5 Å². The highest BCUT2D eigenvalue weighted by molar-refractivity contribution is 7.92. The lowest BCUT2D eigenvalue weighted by molar-refractivity contribution is -0.140. The number of amides is 2. The zero-order valence-corrected chi connectivity index (χ0v) is 25.1. The van der Waals surface area contributed by atoms with Crippen molar-refractivity contribution in [3.63, 3.8) is 0 Å². The molecule has 2 amide bonds. The number of nitrogens with zero attached hydrogens (tertiary/aromatic N) is 2. The second-order valence-corrected chi connectivity index (χ2v) is 11.5. The Hall–Kier alpha value is -4.05. The molecule has 220 valence electrons. The Morgan fingerprint density at radius 1 is 0.829 bits per heavy atom. The van der Waals surface area contributed by atoms with E-state index < -0.39 is 28.5 Å². The third-order valence-corrected chi connectivity index (χ3v) is 8.66. The van der Waals surface area contributed by atoms with Crippen molar-refractivity contribution in [1.29, 1.82) is 0 Å². The van der Waals surface area contributed by atoms with Gasteiger partial charge in [0.05, 0.1) is 24.8 Å². The van der Waals surface area contributed by atoms with Crippen LogP contribution in [0.15, 0.2) is 83.8 Å². The number of rotatable bonds is 14. The molecule has 3 aromatic carbocycles. The molecular formula is C31H39N3O6S. The van der Waals surface area contributed by atoms with Crippen molar-refractivity contribution in [3.8, 4) is 11.5 Å². The Bertz CT molecular complexity index is 1380. The minimum absolute atomic E-state index is 0.0122. The first-order valence-electron chi connectivity index (χ1n) is 13.6. The molecule has 0 unspecified atom stereocenters. The number of ether oxygens (including phenoxy) is 2. The Morgan fingerprint density at radius 2 is 1.39 bits per heavy atom. The fourth-order valence-corrected chi connectivity index (χ4v) is 5.70. The first kappa shape index (κ1) is 31.5. The Balaban J connectivity index is 2.03. The maximum absolute atomic E-state index is 14.1.